The van der Waals surface area contributed by atoms with Crippen molar-refractivity contribution >= 4 is 40.2 Å². The van der Waals surface area contributed by atoms with Crippen LogP contribution in [-0.2, 0) is 0 Å². The predicted octanol–water partition coefficient (Wildman–Crippen LogP) is 2.93. The van der Waals surface area contributed by atoms with Gasteiger partial charge in [-0.05, 0) is 23.6 Å². The van der Waals surface area contributed by atoms with Crippen LogP contribution in [0.25, 0.3) is 0 Å². The summed E-state index contributed by atoms with van der Waals surface area (Å²) < 4.78 is 0.578. The molecule has 2 aromatic rings. The second-order valence-electron chi connectivity index (χ2n) is 3.35. The molecule has 17 heavy (non-hydrogen) atoms. The van der Waals surface area contributed by atoms with Crippen LogP contribution in [0.15, 0.2) is 29.6 Å². The maximum Gasteiger partial charge on any atom is 0.261 e. The average Bonchev–Trinajstić information content (AvgIpc) is 2.95. The smallest absolute Gasteiger partial charge is 0.261 e. The van der Waals surface area contributed by atoms with Gasteiger partial charge in [-0.15, -0.1) is 22.7 Å². The Morgan fingerprint density at radius 2 is 2.29 bits per heavy atom. The largest absolute Gasteiger partial charge is 0.386 e. The fourth-order valence-corrected chi connectivity index (χ4v) is 2.97. The maximum absolute atomic E-state index is 11.7. The minimum atomic E-state index is -0.658. The molecule has 6 heteroatoms. The van der Waals surface area contributed by atoms with E-state index in [9.17, 15) is 9.90 Å². The molecule has 2 N–H and O–H groups in total. The molecule has 0 saturated carbocycles. The van der Waals surface area contributed by atoms with E-state index in [4.69, 9.17) is 11.6 Å². The van der Waals surface area contributed by atoms with Gasteiger partial charge in [-0.1, -0.05) is 17.7 Å². The van der Waals surface area contributed by atoms with Gasteiger partial charge in [0.05, 0.1) is 9.21 Å². The molecular weight excluding hydrogens is 278 g/mol. The highest BCUT2D eigenvalue weighted by molar-refractivity contribution is 7.18. The number of aliphatic hydroxyl groups excluding tert-OH is 1. The molecule has 90 valence electrons. The number of carbonyl (C=O) groups excluding carboxylic acids is 1. The molecule has 2 heterocycles. The number of aliphatic hydroxyl groups is 1. The van der Waals surface area contributed by atoms with Crippen molar-refractivity contribution in [2.75, 3.05) is 6.54 Å². The first-order valence-corrected chi connectivity index (χ1v) is 6.99. The van der Waals surface area contributed by atoms with E-state index >= 15 is 0 Å². The molecule has 0 radical (unpaired) electrons. The monoisotopic (exact) mass is 287 g/mol. The minimum absolute atomic E-state index is 0.203. The standard InChI is InChI=1S/C11H10ClNO2S2/c12-10-4-3-9(17-10)11(15)13-6-7(14)8-2-1-5-16-8/h1-5,7,14H,6H2,(H,13,15). The van der Waals surface area contributed by atoms with Crippen molar-refractivity contribution in [1.82, 2.24) is 5.32 Å². The Hall–Kier alpha value is -0.880. The molecule has 1 amide bonds. The van der Waals surface area contributed by atoms with Crippen molar-refractivity contribution < 1.29 is 9.90 Å². The summed E-state index contributed by atoms with van der Waals surface area (Å²) in [5, 5.41) is 14.3. The summed E-state index contributed by atoms with van der Waals surface area (Å²) in [6, 6.07) is 7.05. The fourth-order valence-electron chi connectivity index (χ4n) is 1.29. The molecule has 0 aliphatic carbocycles. The van der Waals surface area contributed by atoms with Gasteiger partial charge < -0.3 is 10.4 Å². The third kappa shape index (κ3) is 3.29. The van der Waals surface area contributed by atoms with Gasteiger partial charge in [0.2, 0.25) is 0 Å². The number of nitrogens with one attached hydrogen (secondary N) is 1. The van der Waals surface area contributed by atoms with Crippen LogP contribution >= 0.6 is 34.3 Å². The molecule has 0 bridgehead atoms. The molecule has 1 atom stereocenters. The molecule has 3 nitrogen and oxygen atoms in total. The number of rotatable bonds is 4. The number of amides is 1. The summed E-state index contributed by atoms with van der Waals surface area (Å²) in [6.07, 6.45) is -0.658. The zero-order chi connectivity index (χ0) is 12.3. The topological polar surface area (TPSA) is 49.3 Å². The van der Waals surface area contributed by atoms with E-state index in [1.54, 1.807) is 12.1 Å². The quantitative estimate of drug-likeness (QED) is 0.908. The molecule has 0 fully saturated rings. The van der Waals surface area contributed by atoms with Crippen molar-refractivity contribution in [3.05, 3.63) is 43.7 Å². The van der Waals surface area contributed by atoms with Crippen molar-refractivity contribution in [3.8, 4) is 0 Å². The molecule has 0 aliphatic heterocycles. The van der Waals surface area contributed by atoms with Crippen LogP contribution in [-0.4, -0.2) is 17.6 Å². The molecule has 0 aliphatic rings. The van der Waals surface area contributed by atoms with E-state index in [2.05, 4.69) is 5.32 Å². The first-order valence-electron chi connectivity index (χ1n) is 4.92. The molecule has 0 saturated heterocycles. The summed E-state index contributed by atoms with van der Waals surface area (Å²) in [5.74, 6) is -0.211. The number of hydrogen-bond acceptors (Lipinski definition) is 4. The molecule has 0 aromatic carbocycles. The average molecular weight is 288 g/mol. The van der Waals surface area contributed by atoms with Crippen LogP contribution in [0.3, 0.4) is 0 Å². The van der Waals surface area contributed by atoms with E-state index < -0.39 is 6.10 Å². The van der Waals surface area contributed by atoms with Crippen molar-refractivity contribution in [2.45, 2.75) is 6.10 Å². The molecule has 2 aromatic heterocycles. The Bertz CT molecular complexity index is 495. The third-order valence-electron chi connectivity index (χ3n) is 2.12. The Balaban J connectivity index is 1.88. The first-order chi connectivity index (χ1) is 8.16. The number of carbonyl (C=O) groups is 1. The fraction of sp³-hybridized carbons (Fsp3) is 0.182. The molecular formula is C11H10ClNO2S2. The van der Waals surface area contributed by atoms with Crippen molar-refractivity contribution in [2.24, 2.45) is 0 Å². The summed E-state index contributed by atoms with van der Waals surface area (Å²) in [4.78, 5) is 13.1. The highest BCUT2D eigenvalue weighted by Gasteiger charge is 2.12. The normalized spacial score (nSPS) is 12.4. The van der Waals surface area contributed by atoms with Crippen molar-refractivity contribution in [3.63, 3.8) is 0 Å². The van der Waals surface area contributed by atoms with Crippen LogP contribution in [0.5, 0.6) is 0 Å². The van der Waals surface area contributed by atoms with Gasteiger partial charge in [-0.3, -0.25) is 4.79 Å². The van der Waals surface area contributed by atoms with E-state index in [-0.39, 0.29) is 12.5 Å². The lowest BCUT2D eigenvalue weighted by Crippen LogP contribution is -2.27. The minimum Gasteiger partial charge on any atom is -0.386 e. The summed E-state index contributed by atoms with van der Waals surface area (Å²) in [6.45, 7) is 0.203. The summed E-state index contributed by atoms with van der Waals surface area (Å²) in [5.41, 5.74) is 0. The third-order valence-corrected chi connectivity index (χ3v) is 4.33. The van der Waals surface area contributed by atoms with Gasteiger partial charge in [0.15, 0.2) is 0 Å². The predicted molar refractivity (Wildman–Crippen MR) is 70.9 cm³/mol. The van der Waals surface area contributed by atoms with Gasteiger partial charge in [0.25, 0.3) is 5.91 Å². The lowest BCUT2D eigenvalue weighted by molar-refractivity contribution is 0.0922. The van der Waals surface area contributed by atoms with E-state index in [0.717, 1.165) is 4.88 Å². The molecule has 2 rings (SSSR count). The van der Waals surface area contributed by atoms with Crippen LogP contribution in [0.4, 0.5) is 0 Å². The number of hydrogen-bond donors (Lipinski definition) is 2. The van der Waals surface area contributed by atoms with E-state index in [1.807, 2.05) is 17.5 Å². The van der Waals surface area contributed by atoms with Gasteiger partial charge in [-0.2, -0.15) is 0 Å². The van der Waals surface area contributed by atoms with E-state index in [0.29, 0.717) is 9.21 Å². The Kier molecular flexibility index (Phi) is 4.17. The zero-order valence-electron chi connectivity index (χ0n) is 8.72. The Morgan fingerprint density at radius 1 is 1.47 bits per heavy atom. The summed E-state index contributed by atoms with van der Waals surface area (Å²) >= 11 is 8.42. The Morgan fingerprint density at radius 3 is 2.88 bits per heavy atom. The highest BCUT2D eigenvalue weighted by Crippen LogP contribution is 2.22. The first kappa shape index (κ1) is 12.6. The van der Waals surface area contributed by atoms with Crippen LogP contribution < -0.4 is 5.32 Å². The second kappa shape index (κ2) is 5.64. The Labute approximate surface area is 112 Å². The number of halogens is 1. The van der Waals surface area contributed by atoms with Gasteiger partial charge in [0.1, 0.15) is 6.10 Å². The van der Waals surface area contributed by atoms with Gasteiger partial charge in [0, 0.05) is 11.4 Å². The molecule has 0 spiro atoms. The van der Waals surface area contributed by atoms with Crippen molar-refractivity contribution in [1.29, 1.82) is 0 Å². The summed E-state index contributed by atoms with van der Waals surface area (Å²) in [7, 11) is 0. The van der Waals surface area contributed by atoms with Gasteiger partial charge in [-0.25, -0.2) is 0 Å². The molecule has 1 unspecified atom stereocenters. The number of thiophene rings is 2. The van der Waals surface area contributed by atoms with Crippen LogP contribution in [0.2, 0.25) is 4.34 Å². The van der Waals surface area contributed by atoms with Crippen LogP contribution in [0, 0.1) is 0 Å². The van der Waals surface area contributed by atoms with Gasteiger partial charge >= 0.3 is 0 Å². The SMILES string of the molecule is O=C(NCC(O)c1cccs1)c1ccc(Cl)s1. The maximum atomic E-state index is 11.7. The lowest BCUT2D eigenvalue weighted by Gasteiger charge is -2.09. The van der Waals surface area contributed by atoms with Crippen LogP contribution in [0.1, 0.15) is 20.7 Å². The highest BCUT2D eigenvalue weighted by atomic mass is 35.5. The second-order valence-corrected chi connectivity index (χ2v) is 6.04. The van der Waals surface area contributed by atoms with E-state index in [1.165, 1.54) is 22.7 Å². The lowest BCUT2D eigenvalue weighted by atomic mass is 10.3. The zero-order valence-corrected chi connectivity index (χ0v) is 11.1.